The van der Waals surface area contributed by atoms with Crippen molar-refractivity contribution in [2.75, 3.05) is 5.73 Å². The largest absolute Gasteiger partial charge is 0.396 e. The summed E-state index contributed by atoms with van der Waals surface area (Å²) in [5.41, 5.74) is 8.90. The molecule has 0 fully saturated rings. The van der Waals surface area contributed by atoms with Crippen LogP contribution in [0.15, 0.2) is 18.6 Å². The van der Waals surface area contributed by atoms with Gasteiger partial charge < -0.3 is 5.73 Å². The van der Waals surface area contributed by atoms with Crippen LogP contribution in [0.5, 0.6) is 0 Å². The van der Waals surface area contributed by atoms with Gasteiger partial charge in [-0.25, -0.2) is 0 Å². The number of anilines is 1. The van der Waals surface area contributed by atoms with Crippen molar-refractivity contribution in [3.8, 4) is 11.4 Å². The molecule has 0 aliphatic rings. The van der Waals surface area contributed by atoms with Crippen molar-refractivity contribution in [3.05, 3.63) is 24.3 Å². The SMILES string of the molecule is CCCn1cc(N)c(-c2nccnc2C)n1. The molecule has 0 radical (unpaired) electrons. The van der Waals surface area contributed by atoms with E-state index in [1.165, 1.54) is 0 Å². The Morgan fingerprint density at radius 3 is 2.69 bits per heavy atom. The molecule has 2 N–H and O–H groups in total. The zero-order chi connectivity index (χ0) is 11.5. The number of aryl methyl sites for hydroxylation is 2. The van der Waals surface area contributed by atoms with Crippen LogP contribution in [-0.4, -0.2) is 19.7 Å². The molecule has 0 amide bonds. The highest BCUT2D eigenvalue weighted by molar-refractivity contribution is 5.70. The maximum Gasteiger partial charge on any atom is 0.135 e. The van der Waals surface area contributed by atoms with Crippen LogP contribution in [0.25, 0.3) is 11.4 Å². The van der Waals surface area contributed by atoms with E-state index >= 15 is 0 Å². The summed E-state index contributed by atoms with van der Waals surface area (Å²) in [5, 5.41) is 4.42. The third-order valence-electron chi connectivity index (χ3n) is 2.35. The van der Waals surface area contributed by atoms with Gasteiger partial charge in [0.15, 0.2) is 0 Å². The molecular weight excluding hydrogens is 202 g/mol. The lowest BCUT2D eigenvalue weighted by Crippen LogP contribution is -1.98. The second-order valence-corrected chi connectivity index (χ2v) is 3.69. The highest BCUT2D eigenvalue weighted by Gasteiger charge is 2.12. The number of rotatable bonds is 3. The molecule has 5 nitrogen and oxygen atoms in total. The lowest BCUT2D eigenvalue weighted by molar-refractivity contribution is 0.604. The molecule has 0 aromatic carbocycles. The number of aromatic nitrogens is 4. The van der Waals surface area contributed by atoms with Gasteiger partial charge in [0, 0.05) is 25.1 Å². The molecule has 5 heteroatoms. The van der Waals surface area contributed by atoms with Crippen molar-refractivity contribution in [1.29, 1.82) is 0 Å². The second kappa shape index (κ2) is 4.30. The molecule has 2 heterocycles. The van der Waals surface area contributed by atoms with Gasteiger partial charge in [-0.15, -0.1) is 0 Å². The van der Waals surface area contributed by atoms with Crippen LogP contribution in [0.4, 0.5) is 5.69 Å². The zero-order valence-electron chi connectivity index (χ0n) is 9.51. The van der Waals surface area contributed by atoms with Gasteiger partial charge in [0.05, 0.1) is 11.4 Å². The summed E-state index contributed by atoms with van der Waals surface area (Å²) in [7, 11) is 0. The van der Waals surface area contributed by atoms with Crippen LogP contribution in [0.1, 0.15) is 19.0 Å². The molecule has 0 atom stereocenters. The van der Waals surface area contributed by atoms with Gasteiger partial charge in [0.1, 0.15) is 11.4 Å². The Morgan fingerprint density at radius 1 is 1.25 bits per heavy atom. The Kier molecular flexibility index (Phi) is 2.85. The highest BCUT2D eigenvalue weighted by atomic mass is 15.3. The fourth-order valence-corrected chi connectivity index (χ4v) is 1.60. The monoisotopic (exact) mass is 217 g/mol. The van der Waals surface area contributed by atoms with Crippen LogP contribution in [0.2, 0.25) is 0 Å². The summed E-state index contributed by atoms with van der Waals surface area (Å²) < 4.78 is 1.85. The molecule has 0 saturated carbocycles. The summed E-state index contributed by atoms with van der Waals surface area (Å²) in [6.07, 6.45) is 6.19. The third-order valence-corrected chi connectivity index (χ3v) is 2.35. The summed E-state index contributed by atoms with van der Waals surface area (Å²) in [5.74, 6) is 0. The molecule has 84 valence electrons. The number of nitrogens with two attached hydrogens (primary N) is 1. The van der Waals surface area contributed by atoms with E-state index in [9.17, 15) is 0 Å². The Hall–Kier alpha value is -1.91. The van der Waals surface area contributed by atoms with E-state index in [-0.39, 0.29) is 0 Å². The first kappa shape index (κ1) is 10.6. The minimum Gasteiger partial charge on any atom is -0.396 e. The molecule has 0 spiro atoms. The highest BCUT2D eigenvalue weighted by Crippen LogP contribution is 2.23. The lowest BCUT2D eigenvalue weighted by Gasteiger charge is -2.00. The van der Waals surface area contributed by atoms with Crippen LogP contribution >= 0.6 is 0 Å². The summed E-state index contributed by atoms with van der Waals surface area (Å²) in [6.45, 7) is 4.87. The van der Waals surface area contributed by atoms with E-state index in [0.29, 0.717) is 5.69 Å². The molecule has 2 aromatic rings. The molecular formula is C11H15N5. The third kappa shape index (κ3) is 1.88. The van der Waals surface area contributed by atoms with E-state index in [2.05, 4.69) is 22.0 Å². The Labute approximate surface area is 94.3 Å². The van der Waals surface area contributed by atoms with Crippen molar-refractivity contribution >= 4 is 5.69 Å². The maximum atomic E-state index is 5.92. The van der Waals surface area contributed by atoms with Gasteiger partial charge in [-0.05, 0) is 13.3 Å². The molecule has 0 saturated heterocycles. The molecule has 2 aromatic heterocycles. The molecule has 0 aliphatic heterocycles. The average molecular weight is 217 g/mol. The Balaban J connectivity index is 2.44. The van der Waals surface area contributed by atoms with E-state index < -0.39 is 0 Å². The van der Waals surface area contributed by atoms with Crippen molar-refractivity contribution in [2.24, 2.45) is 0 Å². The van der Waals surface area contributed by atoms with E-state index in [1.54, 1.807) is 12.4 Å². The first-order valence-corrected chi connectivity index (χ1v) is 5.33. The molecule has 0 unspecified atom stereocenters. The Morgan fingerprint density at radius 2 is 2.00 bits per heavy atom. The molecule has 0 aliphatic carbocycles. The number of nitrogens with zero attached hydrogens (tertiary/aromatic N) is 4. The minimum absolute atomic E-state index is 0.650. The minimum atomic E-state index is 0.650. The number of hydrogen-bond acceptors (Lipinski definition) is 4. The zero-order valence-corrected chi connectivity index (χ0v) is 9.51. The molecule has 0 bridgehead atoms. The normalized spacial score (nSPS) is 10.6. The molecule has 2 rings (SSSR count). The van der Waals surface area contributed by atoms with Crippen LogP contribution in [-0.2, 0) is 6.54 Å². The predicted octanol–water partition coefficient (Wildman–Crippen LogP) is 1.64. The van der Waals surface area contributed by atoms with E-state index in [4.69, 9.17) is 5.73 Å². The van der Waals surface area contributed by atoms with E-state index in [0.717, 1.165) is 30.0 Å². The summed E-state index contributed by atoms with van der Waals surface area (Å²) in [4.78, 5) is 8.45. The van der Waals surface area contributed by atoms with Crippen LogP contribution < -0.4 is 5.73 Å². The quantitative estimate of drug-likeness (QED) is 0.848. The number of hydrogen-bond donors (Lipinski definition) is 1. The smallest absolute Gasteiger partial charge is 0.135 e. The van der Waals surface area contributed by atoms with Crippen molar-refractivity contribution < 1.29 is 0 Å². The van der Waals surface area contributed by atoms with Crippen LogP contribution in [0.3, 0.4) is 0 Å². The first-order chi connectivity index (χ1) is 7.72. The van der Waals surface area contributed by atoms with Crippen LogP contribution in [0, 0.1) is 6.92 Å². The molecule has 16 heavy (non-hydrogen) atoms. The van der Waals surface area contributed by atoms with Crippen molar-refractivity contribution in [3.63, 3.8) is 0 Å². The van der Waals surface area contributed by atoms with Gasteiger partial charge in [-0.2, -0.15) is 5.10 Å². The fraction of sp³-hybridized carbons (Fsp3) is 0.364. The van der Waals surface area contributed by atoms with Gasteiger partial charge in [-0.1, -0.05) is 6.92 Å². The van der Waals surface area contributed by atoms with Crippen molar-refractivity contribution in [2.45, 2.75) is 26.8 Å². The average Bonchev–Trinajstić information content (AvgIpc) is 2.61. The Bertz CT molecular complexity index is 489. The summed E-state index contributed by atoms with van der Waals surface area (Å²) >= 11 is 0. The second-order valence-electron chi connectivity index (χ2n) is 3.69. The fourth-order valence-electron chi connectivity index (χ4n) is 1.60. The summed E-state index contributed by atoms with van der Waals surface area (Å²) in [6, 6.07) is 0. The standard InChI is InChI=1S/C11H15N5/c1-3-6-16-7-9(12)11(15-16)10-8(2)13-4-5-14-10/h4-5,7H,3,6,12H2,1-2H3. The van der Waals surface area contributed by atoms with E-state index in [1.807, 2.05) is 17.8 Å². The van der Waals surface area contributed by atoms with Gasteiger partial charge in [0.25, 0.3) is 0 Å². The maximum absolute atomic E-state index is 5.92. The number of nitrogen functional groups attached to an aromatic ring is 1. The van der Waals surface area contributed by atoms with Crippen molar-refractivity contribution in [1.82, 2.24) is 19.7 Å². The van der Waals surface area contributed by atoms with Gasteiger partial charge >= 0.3 is 0 Å². The van der Waals surface area contributed by atoms with Gasteiger partial charge in [-0.3, -0.25) is 14.6 Å². The predicted molar refractivity (Wildman–Crippen MR) is 62.7 cm³/mol. The topological polar surface area (TPSA) is 69.6 Å². The first-order valence-electron chi connectivity index (χ1n) is 5.33. The lowest BCUT2D eigenvalue weighted by atomic mass is 10.2. The van der Waals surface area contributed by atoms with Gasteiger partial charge in [0.2, 0.25) is 0 Å².